The van der Waals surface area contributed by atoms with Crippen molar-refractivity contribution >= 4 is 23.5 Å². The van der Waals surface area contributed by atoms with Gasteiger partial charge >= 0.3 is 5.97 Å². The molecule has 2 heterocycles. The summed E-state index contributed by atoms with van der Waals surface area (Å²) >= 11 is 0. The van der Waals surface area contributed by atoms with Crippen molar-refractivity contribution in [1.29, 1.82) is 0 Å². The molecular weight excluding hydrogens is 440 g/mol. The molecule has 0 unspecified atom stereocenters. The molecule has 2 aromatic carbocycles. The molecule has 0 bridgehead atoms. The van der Waals surface area contributed by atoms with Crippen LogP contribution in [-0.2, 0) is 14.4 Å². The standard InChI is InChI=1S/C25H28N2O7/c1-13(2)12-25(24(31)32)20-19(21(26-25)17-10-9-16(34-4)11-18(17)28)22(29)27(23(20)30)14-5-7-15(33-3)8-6-14/h5-11,13,19-21,26,28H,12H2,1-4H3,(H,31,32)/t19-,20-,21-,25+/m0/s1. The average Bonchev–Trinajstić information content (AvgIpc) is 3.27. The van der Waals surface area contributed by atoms with E-state index >= 15 is 0 Å². The molecule has 4 rings (SSSR count). The van der Waals surface area contributed by atoms with Gasteiger partial charge in [-0.05, 0) is 42.7 Å². The smallest absolute Gasteiger partial charge is 0.324 e. The Balaban J connectivity index is 1.85. The highest BCUT2D eigenvalue weighted by Crippen LogP contribution is 2.53. The number of fused-ring (bicyclic) bond motifs is 1. The molecule has 9 nitrogen and oxygen atoms in total. The van der Waals surface area contributed by atoms with Gasteiger partial charge in [-0.1, -0.05) is 19.9 Å². The van der Waals surface area contributed by atoms with Crippen LogP contribution >= 0.6 is 0 Å². The van der Waals surface area contributed by atoms with Gasteiger partial charge in [0.1, 0.15) is 22.8 Å². The maximum Gasteiger partial charge on any atom is 0.324 e. The van der Waals surface area contributed by atoms with E-state index in [1.807, 2.05) is 13.8 Å². The number of hydrogen-bond acceptors (Lipinski definition) is 7. The minimum atomic E-state index is -1.68. The summed E-state index contributed by atoms with van der Waals surface area (Å²) in [4.78, 5) is 41.2. The first-order valence-electron chi connectivity index (χ1n) is 11.0. The second kappa shape index (κ2) is 8.64. The van der Waals surface area contributed by atoms with Gasteiger partial charge in [-0.2, -0.15) is 0 Å². The SMILES string of the molecule is COc1ccc(N2C(=O)[C@H]3[C@@H](C2=O)[C@](CC(C)C)(C(=O)O)N[C@H]3c2ccc(OC)cc2O)cc1. The Labute approximate surface area is 197 Å². The molecular formula is C25H28N2O7. The van der Waals surface area contributed by atoms with Crippen molar-refractivity contribution in [2.24, 2.45) is 17.8 Å². The van der Waals surface area contributed by atoms with Crippen molar-refractivity contribution in [3.8, 4) is 17.2 Å². The van der Waals surface area contributed by atoms with Crippen molar-refractivity contribution in [1.82, 2.24) is 5.32 Å². The van der Waals surface area contributed by atoms with E-state index in [-0.39, 0.29) is 18.1 Å². The van der Waals surface area contributed by atoms with Crippen molar-refractivity contribution < 1.29 is 34.1 Å². The highest BCUT2D eigenvalue weighted by molar-refractivity contribution is 6.24. The summed E-state index contributed by atoms with van der Waals surface area (Å²) in [5.74, 6) is -3.70. The van der Waals surface area contributed by atoms with Crippen LogP contribution in [0.5, 0.6) is 17.2 Å². The number of phenolic OH excluding ortho intramolecular Hbond substituents is 1. The van der Waals surface area contributed by atoms with Crippen LogP contribution in [0.1, 0.15) is 31.9 Å². The number of amides is 2. The molecule has 180 valence electrons. The van der Waals surface area contributed by atoms with Gasteiger partial charge in [0.05, 0.1) is 31.7 Å². The number of methoxy groups -OCH3 is 2. The van der Waals surface area contributed by atoms with Gasteiger partial charge in [0.15, 0.2) is 0 Å². The number of hydrogen-bond donors (Lipinski definition) is 3. The van der Waals surface area contributed by atoms with Crippen molar-refractivity contribution in [3.63, 3.8) is 0 Å². The molecule has 2 aliphatic rings. The first-order chi connectivity index (χ1) is 16.1. The largest absolute Gasteiger partial charge is 0.507 e. The van der Waals surface area contributed by atoms with Gasteiger partial charge in [0, 0.05) is 17.7 Å². The van der Waals surface area contributed by atoms with E-state index in [4.69, 9.17) is 9.47 Å². The fourth-order valence-electron chi connectivity index (χ4n) is 5.28. The lowest BCUT2D eigenvalue weighted by molar-refractivity contribution is -0.149. The van der Waals surface area contributed by atoms with E-state index in [1.54, 1.807) is 36.4 Å². The van der Waals surface area contributed by atoms with Crippen LogP contribution < -0.4 is 19.7 Å². The van der Waals surface area contributed by atoms with E-state index < -0.39 is 41.2 Å². The average molecular weight is 469 g/mol. The molecule has 34 heavy (non-hydrogen) atoms. The third-order valence-corrected chi connectivity index (χ3v) is 6.67. The molecule has 3 N–H and O–H groups in total. The lowest BCUT2D eigenvalue weighted by Crippen LogP contribution is -2.56. The molecule has 2 aliphatic heterocycles. The van der Waals surface area contributed by atoms with Gasteiger partial charge in [-0.25, -0.2) is 4.90 Å². The lowest BCUT2D eigenvalue weighted by Gasteiger charge is -2.32. The van der Waals surface area contributed by atoms with E-state index in [1.165, 1.54) is 20.3 Å². The number of imide groups is 1. The summed E-state index contributed by atoms with van der Waals surface area (Å²) in [5, 5.41) is 24.2. The van der Waals surface area contributed by atoms with Crippen LogP contribution in [-0.4, -0.2) is 47.8 Å². The molecule has 0 saturated carbocycles. The maximum atomic E-state index is 13.7. The Morgan fingerprint density at radius 1 is 1.06 bits per heavy atom. The summed E-state index contributed by atoms with van der Waals surface area (Å²) in [7, 11) is 2.97. The highest BCUT2D eigenvalue weighted by atomic mass is 16.5. The van der Waals surface area contributed by atoms with E-state index in [2.05, 4.69) is 5.32 Å². The number of carbonyl (C=O) groups is 3. The monoisotopic (exact) mass is 468 g/mol. The van der Waals surface area contributed by atoms with E-state index in [9.17, 15) is 24.6 Å². The Morgan fingerprint density at radius 2 is 1.68 bits per heavy atom. The van der Waals surface area contributed by atoms with Gasteiger partial charge < -0.3 is 19.7 Å². The number of rotatable bonds is 7. The molecule has 0 spiro atoms. The predicted molar refractivity (Wildman–Crippen MR) is 123 cm³/mol. The Kier molecular flexibility index (Phi) is 5.99. The fraction of sp³-hybridized carbons (Fsp3) is 0.400. The van der Waals surface area contributed by atoms with Crippen molar-refractivity contribution in [3.05, 3.63) is 48.0 Å². The van der Waals surface area contributed by atoms with Crippen LogP contribution in [0.15, 0.2) is 42.5 Å². The summed E-state index contributed by atoms with van der Waals surface area (Å²) in [6.45, 7) is 3.73. The molecule has 4 atom stereocenters. The number of carboxylic acid groups (broad SMARTS) is 1. The van der Waals surface area contributed by atoms with Crippen LogP contribution in [0, 0.1) is 17.8 Å². The maximum absolute atomic E-state index is 13.7. The summed E-state index contributed by atoms with van der Waals surface area (Å²) < 4.78 is 10.3. The zero-order valence-electron chi connectivity index (χ0n) is 19.4. The number of anilines is 1. The predicted octanol–water partition coefficient (Wildman–Crippen LogP) is 2.73. The molecule has 0 aliphatic carbocycles. The van der Waals surface area contributed by atoms with Crippen molar-refractivity contribution in [2.75, 3.05) is 19.1 Å². The van der Waals surface area contributed by atoms with E-state index in [0.717, 1.165) is 4.90 Å². The number of ether oxygens (including phenoxy) is 2. The van der Waals surface area contributed by atoms with Crippen LogP contribution in [0.3, 0.4) is 0 Å². The molecule has 0 aromatic heterocycles. The van der Waals surface area contributed by atoms with Crippen molar-refractivity contribution in [2.45, 2.75) is 31.8 Å². The number of benzene rings is 2. The number of carbonyl (C=O) groups excluding carboxylic acids is 2. The molecule has 9 heteroatoms. The number of aromatic hydroxyl groups is 1. The van der Waals surface area contributed by atoms with Crippen LogP contribution in [0.25, 0.3) is 0 Å². The quantitative estimate of drug-likeness (QED) is 0.530. The Morgan fingerprint density at radius 3 is 2.21 bits per heavy atom. The van der Waals surface area contributed by atoms with Gasteiger partial charge in [0.2, 0.25) is 11.8 Å². The molecule has 0 radical (unpaired) electrons. The minimum absolute atomic E-state index is 0.0783. The Hall–Kier alpha value is -3.59. The minimum Gasteiger partial charge on any atom is -0.507 e. The normalized spacial score (nSPS) is 26.1. The topological polar surface area (TPSA) is 125 Å². The third kappa shape index (κ3) is 3.56. The third-order valence-electron chi connectivity index (χ3n) is 6.67. The number of carboxylic acids is 1. The molecule has 2 fully saturated rings. The fourth-order valence-corrected chi connectivity index (χ4v) is 5.28. The number of aliphatic carboxylic acids is 1. The summed E-state index contributed by atoms with van der Waals surface area (Å²) in [5.41, 5.74) is -1.00. The first kappa shape index (κ1) is 23.6. The summed E-state index contributed by atoms with van der Waals surface area (Å²) in [6.07, 6.45) is 0.131. The number of nitrogens with one attached hydrogen (secondary N) is 1. The van der Waals surface area contributed by atoms with E-state index in [0.29, 0.717) is 22.7 Å². The van der Waals surface area contributed by atoms with Gasteiger partial charge in [-0.15, -0.1) is 0 Å². The lowest BCUT2D eigenvalue weighted by atomic mass is 9.75. The second-order valence-corrected chi connectivity index (χ2v) is 9.13. The first-order valence-corrected chi connectivity index (χ1v) is 11.0. The second-order valence-electron chi connectivity index (χ2n) is 9.13. The highest BCUT2D eigenvalue weighted by Gasteiger charge is 2.68. The molecule has 2 saturated heterocycles. The zero-order valence-corrected chi connectivity index (χ0v) is 19.4. The van der Waals surface area contributed by atoms with Gasteiger partial charge in [-0.3, -0.25) is 19.7 Å². The molecule has 2 aromatic rings. The van der Waals surface area contributed by atoms with Crippen LogP contribution in [0.2, 0.25) is 0 Å². The zero-order chi connectivity index (χ0) is 24.8. The molecule has 2 amide bonds. The summed E-state index contributed by atoms with van der Waals surface area (Å²) in [6, 6.07) is 10.2. The van der Waals surface area contributed by atoms with Crippen LogP contribution in [0.4, 0.5) is 5.69 Å². The number of nitrogens with zero attached hydrogens (tertiary/aromatic N) is 1. The Bertz CT molecular complexity index is 1130. The van der Waals surface area contributed by atoms with Gasteiger partial charge in [0.25, 0.3) is 0 Å². The number of phenols is 1.